The van der Waals surface area contributed by atoms with Crippen LogP contribution in [0.15, 0.2) is 65.6 Å². The van der Waals surface area contributed by atoms with E-state index in [2.05, 4.69) is 48.7 Å². The molecule has 4 nitrogen and oxygen atoms in total. The maximum Gasteiger partial charge on any atom is 0.293 e. The summed E-state index contributed by atoms with van der Waals surface area (Å²) in [6.07, 6.45) is 2.77. The van der Waals surface area contributed by atoms with Crippen LogP contribution in [0.3, 0.4) is 0 Å². The van der Waals surface area contributed by atoms with Gasteiger partial charge >= 0.3 is 0 Å². The first-order valence-corrected chi connectivity index (χ1v) is 11.3. The van der Waals surface area contributed by atoms with Gasteiger partial charge in [-0.15, -0.1) is 0 Å². The SMILES string of the molecule is Cc1cc(/C=C2\SC(=O)N(Cc3ccccc3Cl)C2=O)c(C)n1CCc1ccccc1. The molecule has 3 aromatic rings. The van der Waals surface area contributed by atoms with Gasteiger partial charge in [0, 0.05) is 23.0 Å². The van der Waals surface area contributed by atoms with Gasteiger partial charge in [-0.05, 0) is 66.9 Å². The minimum absolute atomic E-state index is 0.178. The van der Waals surface area contributed by atoms with Crippen molar-refractivity contribution < 1.29 is 9.59 Å². The van der Waals surface area contributed by atoms with Crippen molar-refractivity contribution in [2.75, 3.05) is 0 Å². The Kier molecular flexibility index (Phi) is 6.35. The maximum atomic E-state index is 12.9. The van der Waals surface area contributed by atoms with Gasteiger partial charge in [-0.3, -0.25) is 14.5 Å². The highest BCUT2D eigenvalue weighted by atomic mass is 35.5. The first kappa shape index (κ1) is 21.5. The fourth-order valence-corrected chi connectivity index (χ4v) is 4.80. The van der Waals surface area contributed by atoms with Crippen LogP contribution in [0.25, 0.3) is 6.08 Å². The molecule has 2 aromatic carbocycles. The van der Waals surface area contributed by atoms with E-state index in [9.17, 15) is 9.59 Å². The van der Waals surface area contributed by atoms with Crippen LogP contribution in [0.1, 0.15) is 28.1 Å². The number of hydrogen-bond acceptors (Lipinski definition) is 3. The zero-order chi connectivity index (χ0) is 22.0. The van der Waals surface area contributed by atoms with Crippen molar-refractivity contribution in [2.45, 2.75) is 33.4 Å². The summed E-state index contributed by atoms with van der Waals surface area (Å²) in [5.74, 6) is -0.274. The third-order valence-electron chi connectivity index (χ3n) is 5.53. The monoisotopic (exact) mass is 450 g/mol. The van der Waals surface area contributed by atoms with E-state index in [-0.39, 0.29) is 17.7 Å². The Bertz CT molecular complexity index is 1170. The smallest absolute Gasteiger partial charge is 0.293 e. The Labute approximate surface area is 191 Å². The molecule has 2 heterocycles. The van der Waals surface area contributed by atoms with Crippen molar-refractivity contribution in [3.05, 3.63) is 98.7 Å². The Hall–Kier alpha value is -2.76. The van der Waals surface area contributed by atoms with Crippen LogP contribution in [-0.2, 0) is 24.3 Å². The summed E-state index contributed by atoms with van der Waals surface area (Å²) in [5, 5.41) is 0.279. The lowest BCUT2D eigenvalue weighted by Gasteiger charge is -2.13. The van der Waals surface area contributed by atoms with E-state index in [1.165, 1.54) is 10.5 Å². The number of carbonyl (C=O) groups excluding carboxylic acids is 2. The van der Waals surface area contributed by atoms with Crippen LogP contribution in [0.2, 0.25) is 5.02 Å². The van der Waals surface area contributed by atoms with E-state index < -0.39 is 0 Å². The number of nitrogens with zero attached hydrogens (tertiary/aromatic N) is 2. The number of aromatic nitrogens is 1. The first-order valence-electron chi connectivity index (χ1n) is 10.1. The zero-order valence-electron chi connectivity index (χ0n) is 17.5. The molecular weight excluding hydrogens is 428 g/mol. The molecular formula is C25H23ClN2O2S. The van der Waals surface area contributed by atoms with Gasteiger partial charge in [-0.1, -0.05) is 60.1 Å². The van der Waals surface area contributed by atoms with Crippen LogP contribution < -0.4 is 0 Å². The molecule has 0 aliphatic carbocycles. The number of rotatable bonds is 6. The quantitative estimate of drug-likeness (QED) is 0.417. The van der Waals surface area contributed by atoms with Crippen molar-refractivity contribution in [1.29, 1.82) is 0 Å². The van der Waals surface area contributed by atoms with Crippen LogP contribution in [0.4, 0.5) is 4.79 Å². The third kappa shape index (κ3) is 4.63. The van der Waals surface area contributed by atoms with Gasteiger partial charge < -0.3 is 4.57 Å². The fourth-order valence-electron chi connectivity index (χ4n) is 3.78. The lowest BCUT2D eigenvalue weighted by Crippen LogP contribution is -2.27. The predicted octanol–water partition coefficient (Wildman–Crippen LogP) is 6.24. The number of hydrogen-bond donors (Lipinski definition) is 0. The standard InChI is InChI=1S/C25H23ClN2O2S/c1-17-14-21(18(2)27(17)13-12-19-8-4-3-5-9-19)15-23-24(29)28(25(30)31-23)16-20-10-6-7-11-22(20)26/h3-11,14-15H,12-13,16H2,1-2H3/b23-15-. The maximum absolute atomic E-state index is 12.9. The minimum atomic E-state index is -0.274. The summed E-state index contributed by atoms with van der Waals surface area (Å²) < 4.78 is 2.26. The average molecular weight is 451 g/mol. The molecule has 0 radical (unpaired) electrons. The molecule has 1 fully saturated rings. The van der Waals surface area contributed by atoms with Gasteiger partial charge in [-0.2, -0.15) is 0 Å². The van der Waals surface area contributed by atoms with Crippen molar-refractivity contribution in [3.63, 3.8) is 0 Å². The molecule has 31 heavy (non-hydrogen) atoms. The summed E-state index contributed by atoms with van der Waals surface area (Å²) >= 11 is 7.19. The molecule has 0 spiro atoms. The number of aryl methyl sites for hydroxylation is 2. The van der Waals surface area contributed by atoms with Crippen LogP contribution in [0, 0.1) is 13.8 Å². The Morgan fingerprint density at radius 1 is 1.00 bits per heavy atom. The molecule has 0 unspecified atom stereocenters. The first-order chi connectivity index (χ1) is 14.9. The van der Waals surface area contributed by atoms with Crippen LogP contribution in [-0.4, -0.2) is 20.6 Å². The summed E-state index contributed by atoms with van der Waals surface area (Å²) in [6, 6.07) is 19.7. The highest BCUT2D eigenvalue weighted by Gasteiger charge is 2.35. The van der Waals surface area contributed by atoms with Crippen molar-refractivity contribution in [2.24, 2.45) is 0 Å². The number of benzene rings is 2. The molecule has 6 heteroatoms. The lowest BCUT2D eigenvalue weighted by molar-refractivity contribution is -0.123. The zero-order valence-corrected chi connectivity index (χ0v) is 19.0. The average Bonchev–Trinajstić information content (AvgIpc) is 3.18. The van der Waals surface area contributed by atoms with Gasteiger partial charge in [0.1, 0.15) is 0 Å². The molecule has 1 aromatic heterocycles. The summed E-state index contributed by atoms with van der Waals surface area (Å²) in [6.45, 7) is 5.16. The number of amides is 2. The summed E-state index contributed by atoms with van der Waals surface area (Å²) in [4.78, 5) is 27.1. The van der Waals surface area contributed by atoms with Crippen molar-refractivity contribution >= 4 is 40.6 Å². The number of thioether (sulfide) groups is 1. The van der Waals surface area contributed by atoms with E-state index in [1.807, 2.05) is 30.3 Å². The second kappa shape index (κ2) is 9.16. The van der Waals surface area contributed by atoms with E-state index in [0.717, 1.165) is 47.2 Å². The summed E-state index contributed by atoms with van der Waals surface area (Å²) in [7, 11) is 0. The van der Waals surface area contributed by atoms with Gasteiger partial charge in [0.2, 0.25) is 0 Å². The van der Waals surface area contributed by atoms with E-state index in [1.54, 1.807) is 6.07 Å². The molecule has 0 N–H and O–H groups in total. The highest BCUT2D eigenvalue weighted by molar-refractivity contribution is 8.18. The fraction of sp³-hybridized carbons (Fsp3) is 0.200. The third-order valence-corrected chi connectivity index (χ3v) is 6.80. The molecule has 0 saturated carbocycles. The predicted molar refractivity (Wildman–Crippen MR) is 127 cm³/mol. The van der Waals surface area contributed by atoms with Crippen molar-refractivity contribution in [3.8, 4) is 0 Å². The molecule has 158 valence electrons. The molecule has 4 rings (SSSR count). The Balaban J connectivity index is 1.53. The van der Waals surface area contributed by atoms with Crippen LogP contribution in [0.5, 0.6) is 0 Å². The topological polar surface area (TPSA) is 42.3 Å². The van der Waals surface area contributed by atoms with E-state index >= 15 is 0 Å². The Morgan fingerprint density at radius 3 is 2.45 bits per heavy atom. The molecule has 1 aliphatic heterocycles. The van der Waals surface area contributed by atoms with Gasteiger partial charge in [0.15, 0.2) is 0 Å². The minimum Gasteiger partial charge on any atom is -0.348 e. The lowest BCUT2D eigenvalue weighted by atomic mass is 10.1. The van der Waals surface area contributed by atoms with Crippen molar-refractivity contribution in [1.82, 2.24) is 9.47 Å². The molecule has 2 amide bonds. The largest absolute Gasteiger partial charge is 0.348 e. The van der Waals surface area contributed by atoms with Gasteiger partial charge in [0.05, 0.1) is 11.4 Å². The molecule has 0 atom stereocenters. The molecule has 1 saturated heterocycles. The number of imide groups is 1. The summed E-state index contributed by atoms with van der Waals surface area (Å²) in [5.41, 5.74) is 5.24. The highest BCUT2D eigenvalue weighted by Crippen LogP contribution is 2.35. The van der Waals surface area contributed by atoms with Gasteiger partial charge in [-0.25, -0.2) is 0 Å². The molecule has 1 aliphatic rings. The van der Waals surface area contributed by atoms with E-state index in [4.69, 9.17) is 11.6 Å². The number of carbonyl (C=O) groups is 2. The van der Waals surface area contributed by atoms with Gasteiger partial charge in [0.25, 0.3) is 11.1 Å². The second-order valence-corrected chi connectivity index (χ2v) is 8.97. The normalized spacial score (nSPS) is 15.3. The molecule has 0 bridgehead atoms. The number of halogens is 1. The van der Waals surface area contributed by atoms with E-state index in [0.29, 0.717) is 9.93 Å². The van der Waals surface area contributed by atoms with Crippen LogP contribution >= 0.6 is 23.4 Å². The Morgan fingerprint density at radius 2 is 1.71 bits per heavy atom. The second-order valence-electron chi connectivity index (χ2n) is 7.57.